The maximum absolute atomic E-state index is 13.3. The summed E-state index contributed by atoms with van der Waals surface area (Å²) >= 11 is 6.19. The van der Waals surface area contributed by atoms with Gasteiger partial charge >= 0.3 is 5.97 Å². The first-order chi connectivity index (χ1) is 15.7. The molecule has 2 aromatic rings. The number of anilines is 1. The van der Waals surface area contributed by atoms with Gasteiger partial charge < -0.3 is 14.6 Å². The van der Waals surface area contributed by atoms with Crippen molar-refractivity contribution in [2.24, 2.45) is 0 Å². The molecule has 4 rings (SSSR count). The summed E-state index contributed by atoms with van der Waals surface area (Å²) in [6, 6.07) is 8.97. The fourth-order valence-electron chi connectivity index (χ4n) is 4.09. The number of carboxylic acid groups (broad SMARTS) is 1. The quantitative estimate of drug-likeness (QED) is 0.556. The number of hydrogen-bond donors (Lipinski definition) is 2. The van der Waals surface area contributed by atoms with Gasteiger partial charge in [-0.2, -0.15) is 5.26 Å². The number of nitrogens with zero attached hydrogens (tertiary/aromatic N) is 1. The van der Waals surface area contributed by atoms with E-state index in [9.17, 15) is 23.6 Å². The molecule has 0 heterocycles. The van der Waals surface area contributed by atoms with Crippen LogP contribution in [0.2, 0.25) is 5.02 Å². The van der Waals surface area contributed by atoms with Crippen LogP contribution in [0.3, 0.4) is 0 Å². The number of carboxylic acids is 1. The largest absolute Gasteiger partial charge is 0.485 e. The standard InChI is InChI=1S/C23H23ClN2O6S/c1-31-19-3-2-4-20(19)32-21-11-17(24)15(12-25)9-18(21)26-33(29,30)22-10-14(13-5-6-13)7-8-16(22)23(27)28/h7-11,13,19-20,26H,2-6H2,1H3,(H,27,28)/t19-,20-/m1/s1. The molecule has 0 spiro atoms. The summed E-state index contributed by atoms with van der Waals surface area (Å²) in [5.74, 6) is -0.974. The first-order valence-electron chi connectivity index (χ1n) is 10.6. The normalized spacial score (nSPS) is 20.3. The average Bonchev–Trinajstić information content (AvgIpc) is 3.54. The number of hydrogen-bond acceptors (Lipinski definition) is 6. The van der Waals surface area contributed by atoms with Crippen LogP contribution in [0, 0.1) is 11.3 Å². The lowest BCUT2D eigenvalue weighted by Gasteiger charge is -2.22. The molecule has 2 fully saturated rings. The predicted octanol–water partition coefficient (Wildman–Crippen LogP) is 4.53. The van der Waals surface area contributed by atoms with Crippen molar-refractivity contribution in [3.05, 3.63) is 52.0 Å². The lowest BCUT2D eigenvalue weighted by Crippen LogP contribution is -2.28. The van der Waals surface area contributed by atoms with Gasteiger partial charge in [0.25, 0.3) is 10.0 Å². The van der Waals surface area contributed by atoms with Crippen LogP contribution in [0.25, 0.3) is 0 Å². The molecule has 0 saturated heterocycles. The zero-order valence-electron chi connectivity index (χ0n) is 17.9. The average molecular weight is 491 g/mol. The van der Waals surface area contributed by atoms with Crippen LogP contribution >= 0.6 is 11.6 Å². The van der Waals surface area contributed by atoms with E-state index in [-0.39, 0.29) is 50.6 Å². The molecule has 2 aromatic carbocycles. The van der Waals surface area contributed by atoms with Crippen molar-refractivity contribution < 1.29 is 27.8 Å². The van der Waals surface area contributed by atoms with Gasteiger partial charge in [0.05, 0.1) is 27.9 Å². The van der Waals surface area contributed by atoms with Crippen LogP contribution in [0.4, 0.5) is 5.69 Å². The highest BCUT2D eigenvalue weighted by Crippen LogP contribution is 2.42. The minimum Gasteiger partial charge on any atom is -0.485 e. The summed E-state index contributed by atoms with van der Waals surface area (Å²) in [4.78, 5) is 11.4. The Morgan fingerprint density at radius 3 is 2.55 bits per heavy atom. The molecule has 0 aliphatic heterocycles. The maximum atomic E-state index is 13.3. The van der Waals surface area contributed by atoms with Crippen LogP contribution in [0.15, 0.2) is 35.2 Å². The van der Waals surface area contributed by atoms with Gasteiger partial charge in [0.1, 0.15) is 22.8 Å². The number of rotatable bonds is 8. The van der Waals surface area contributed by atoms with Crippen molar-refractivity contribution in [2.45, 2.75) is 55.1 Å². The molecule has 2 aliphatic rings. The third-order valence-electron chi connectivity index (χ3n) is 5.98. The number of benzene rings is 2. The predicted molar refractivity (Wildman–Crippen MR) is 121 cm³/mol. The Bertz CT molecular complexity index is 1240. The first kappa shape index (κ1) is 23.4. The van der Waals surface area contributed by atoms with Crippen molar-refractivity contribution in [1.29, 1.82) is 5.26 Å². The molecule has 8 nitrogen and oxygen atoms in total. The van der Waals surface area contributed by atoms with Crippen LogP contribution in [0.5, 0.6) is 5.75 Å². The highest BCUT2D eigenvalue weighted by Gasteiger charge is 2.32. The van der Waals surface area contributed by atoms with Gasteiger partial charge in [0.2, 0.25) is 0 Å². The lowest BCUT2D eigenvalue weighted by molar-refractivity contribution is 0.0232. The zero-order valence-corrected chi connectivity index (χ0v) is 19.4. The van der Waals surface area contributed by atoms with Gasteiger partial charge in [-0.25, -0.2) is 13.2 Å². The van der Waals surface area contributed by atoms with E-state index in [2.05, 4.69) is 4.72 Å². The Kier molecular flexibility index (Phi) is 6.52. The van der Waals surface area contributed by atoms with E-state index in [0.29, 0.717) is 0 Å². The topological polar surface area (TPSA) is 126 Å². The van der Waals surface area contributed by atoms with Crippen molar-refractivity contribution in [3.8, 4) is 11.8 Å². The van der Waals surface area contributed by atoms with Gasteiger partial charge in [0.15, 0.2) is 0 Å². The Morgan fingerprint density at radius 1 is 1.18 bits per heavy atom. The summed E-state index contributed by atoms with van der Waals surface area (Å²) in [5.41, 5.74) is 0.506. The molecule has 2 N–H and O–H groups in total. The number of carbonyl (C=O) groups is 1. The molecule has 2 aliphatic carbocycles. The number of nitrogens with one attached hydrogen (secondary N) is 1. The minimum absolute atomic E-state index is 0.00543. The number of sulfonamides is 1. The van der Waals surface area contributed by atoms with Gasteiger partial charge in [-0.15, -0.1) is 0 Å². The molecule has 0 radical (unpaired) electrons. The Labute approximate surface area is 197 Å². The minimum atomic E-state index is -4.32. The molecule has 10 heteroatoms. The second-order valence-corrected chi connectivity index (χ2v) is 10.3. The van der Waals surface area contributed by atoms with Crippen LogP contribution in [-0.4, -0.2) is 38.8 Å². The van der Waals surface area contributed by atoms with E-state index in [1.807, 2.05) is 6.07 Å². The number of aromatic carboxylic acids is 1. The molecular weight excluding hydrogens is 468 g/mol. The smallest absolute Gasteiger partial charge is 0.337 e. The van der Waals surface area contributed by atoms with Crippen molar-refractivity contribution in [2.75, 3.05) is 11.8 Å². The SMILES string of the molecule is CO[C@@H]1CCC[C@H]1Oc1cc(Cl)c(C#N)cc1NS(=O)(=O)c1cc(C2CC2)ccc1C(=O)O. The number of ether oxygens (including phenoxy) is 2. The molecule has 0 aromatic heterocycles. The van der Waals surface area contributed by atoms with E-state index in [0.717, 1.165) is 37.7 Å². The maximum Gasteiger partial charge on any atom is 0.337 e. The fraction of sp³-hybridized carbons (Fsp3) is 0.391. The van der Waals surface area contributed by atoms with Gasteiger partial charge in [-0.3, -0.25) is 4.72 Å². The number of methoxy groups -OCH3 is 1. The van der Waals surface area contributed by atoms with Gasteiger partial charge in [-0.1, -0.05) is 17.7 Å². The molecule has 2 atom stereocenters. The summed E-state index contributed by atoms with van der Waals surface area (Å²) in [5, 5.41) is 19.1. The molecule has 0 bridgehead atoms. The Balaban J connectivity index is 1.74. The molecular formula is C23H23ClN2O6S. The van der Waals surface area contributed by atoms with E-state index in [1.165, 1.54) is 24.3 Å². The lowest BCUT2D eigenvalue weighted by atomic mass is 10.1. The highest BCUT2D eigenvalue weighted by molar-refractivity contribution is 7.92. The summed E-state index contributed by atoms with van der Waals surface area (Å²) in [6.07, 6.45) is 3.82. The third-order valence-corrected chi connectivity index (χ3v) is 7.70. The second kappa shape index (κ2) is 9.21. The van der Waals surface area contributed by atoms with Gasteiger partial charge in [0, 0.05) is 13.2 Å². The molecule has 0 unspecified atom stereocenters. The monoisotopic (exact) mass is 490 g/mol. The fourth-order valence-corrected chi connectivity index (χ4v) is 5.58. The van der Waals surface area contributed by atoms with Crippen molar-refractivity contribution >= 4 is 33.3 Å². The zero-order chi connectivity index (χ0) is 23.8. The Hall–Kier alpha value is -2.80. The molecule has 174 valence electrons. The number of nitriles is 1. The highest BCUT2D eigenvalue weighted by atomic mass is 35.5. The Morgan fingerprint density at radius 2 is 1.91 bits per heavy atom. The van der Waals surface area contributed by atoms with E-state index >= 15 is 0 Å². The van der Waals surface area contributed by atoms with E-state index in [1.54, 1.807) is 13.2 Å². The molecule has 0 amide bonds. The second-order valence-electron chi connectivity index (χ2n) is 8.24. The first-order valence-corrected chi connectivity index (χ1v) is 12.4. The summed E-state index contributed by atoms with van der Waals surface area (Å²) in [6.45, 7) is 0. The van der Waals surface area contributed by atoms with E-state index < -0.39 is 16.0 Å². The van der Waals surface area contributed by atoms with Crippen molar-refractivity contribution in [1.82, 2.24) is 0 Å². The molecule has 33 heavy (non-hydrogen) atoms. The van der Waals surface area contributed by atoms with Crippen molar-refractivity contribution in [3.63, 3.8) is 0 Å². The van der Waals surface area contributed by atoms with Gasteiger partial charge in [-0.05, 0) is 61.8 Å². The van der Waals surface area contributed by atoms with E-state index in [4.69, 9.17) is 21.1 Å². The third kappa shape index (κ3) is 4.93. The van der Waals surface area contributed by atoms with Crippen LogP contribution in [-0.2, 0) is 14.8 Å². The summed E-state index contributed by atoms with van der Waals surface area (Å²) < 4.78 is 40.6. The van der Waals surface area contributed by atoms with Crippen LogP contribution in [0.1, 0.15) is 59.5 Å². The molecule has 2 saturated carbocycles. The van der Waals surface area contributed by atoms with Crippen LogP contribution < -0.4 is 9.46 Å². The summed E-state index contributed by atoms with van der Waals surface area (Å²) in [7, 11) is -2.74. The number of halogens is 1.